The number of nitro benzene ring substituents is 1. The van der Waals surface area contributed by atoms with Crippen LogP contribution in [-0.4, -0.2) is 101 Å². The Labute approximate surface area is 207 Å². The number of rotatable bonds is 3. The van der Waals surface area contributed by atoms with Crippen molar-refractivity contribution < 1.29 is 38.3 Å². The molecule has 1 aliphatic rings. The van der Waals surface area contributed by atoms with Gasteiger partial charge in [0.25, 0.3) is 5.69 Å². The zero-order chi connectivity index (χ0) is 25.5. The zero-order valence-corrected chi connectivity index (χ0v) is 21.2. The number of nitro groups is 1. The molecule has 1 N–H and O–H groups in total. The second kappa shape index (κ2) is 15.6. The number of nitrogens with one attached hydrogen (secondary N) is 1. The molecule has 11 nitrogen and oxygen atoms in total. The van der Waals surface area contributed by atoms with Gasteiger partial charge in [-0.1, -0.05) is 0 Å². The molecule has 0 radical (unpaired) electrons. The van der Waals surface area contributed by atoms with Crippen molar-refractivity contribution in [3.63, 3.8) is 0 Å². The van der Waals surface area contributed by atoms with Gasteiger partial charge in [0.2, 0.25) is 0 Å². The largest absolute Gasteiger partial charge is 0.444 e. The molecule has 0 unspecified atom stereocenters. The predicted octanol–water partition coefficient (Wildman–Crippen LogP) is 1.30. The predicted molar refractivity (Wildman–Crippen MR) is 129 cm³/mol. The minimum Gasteiger partial charge on any atom is -0.444 e. The van der Waals surface area contributed by atoms with Crippen LogP contribution in [0.1, 0.15) is 26.3 Å². The molecular formula is C24H40N3O8+. The monoisotopic (exact) mass is 498 g/mol. The van der Waals surface area contributed by atoms with E-state index < -0.39 is 10.5 Å². The Morgan fingerprint density at radius 3 is 1.86 bits per heavy atom. The summed E-state index contributed by atoms with van der Waals surface area (Å²) in [5.41, 5.74) is 0.541. The Hall–Kier alpha value is -2.31. The summed E-state index contributed by atoms with van der Waals surface area (Å²) in [6.07, 6.45) is -0.386. The van der Waals surface area contributed by atoms with E-state index in [0.29, 0.717) is 65.9 Å². The normalized spacial score (nSPS) is 18.9. The maximum absolute atomic E-state index is 12.5. The van der Waals surface area contributed by atoms with Gasteiger partial charge in [0.15, 0.2) is 0 Å². The standard InChI is InChI=1S/C24H39N3O8/c1-24(2,3)35-23(28)26-10-14-33-18-16-31-12-8-25(9-13-32-17-19-34-15-11-26)20-21-4-6-22(7-5-21)27(29)30/h4-7H,8-20H2,1-3H3/p+1. The van der Waals surface area contributed by atoms with Crippen LogP contribution in [0.15, 0.2) is 24.3 Å². The molecule has 1 aromatic rings. The summed E-state index contributed by atoms with van der Waals surface area (Å²) in [7, 11) is 0. The molecule has 0 aromatic heterocycles. The maximum Gasteiger partial charge on any atom is 0.410 e. The number of carbonyl (C=O) groups is 1. The summed E-state index contributed by atoms with van der Waals surface area (Å²) in [4.78, 5) is 25.8. The summed E-state index contributed by atoms with van der Waals surface area (Å²) in [5, 5.41) is 10.9. The first-order valence-corrected chi connectivity index (χ1v) is 12.1. The van der Waals surface area contributed by atoms with E-state index in [0.717, 1.165) is 25.2 Å². The smallest absolute Gasteiger partial charge is 0.410 e. The van der Waals surface area contributed by atoms with E-state index in [1.165, 1.54) is 17.0 Å². The van der Waals surface area contributed by atoms with Crippen LogP contribution < -0.4 is 4.90 Å². The quantitative estimate of drug-likeness (QED) is 0.490. The molecule has 0 atom stereocenters. The SMILES string of the molecule is CC(C)(C)OC(=O)N1CCOCCOCC[NH+](Cc2ccc([N+](=O)[O-])cc2)CCOCCOCC1. The van der Waals surface area contributed by atoms with Crippen LogP contribution >= 0.6 is 0 Å². The molecule has 0 aliphatic carbocycles. The molecule has 1 saturated heterocycles. The fourth-order valence-electron chi connectivity index (χ4n) is 3.37. The lowest BCUT2D eigenvalue weighted by molar-refractivity contribution is -0.914. The van der Waals surface area contributed by atoms with Gasteiger partial charge in [0.1, 0.15) is 25.2 Å². The highest BCUT2D eigenvalue weighted by atomic mass is 16.6. The first-order valence-electron chi connectivity index (χ1n) is 12.1. The average molecular weight is 499 g/mol. The van der Waals surface area contributed by atoms with E-state index in [9.17, 15) is 14.9 Å². The third kappa shape index (κ3) is 12.8. The summed E-state index contributed by atoms with van der Waals surface area (Å²) in [5.74, 6) is 0. The van der Waals surface area contributed by atoms with Gasteiger partial charge in [-0.3, -0.25) is 10.1 Å². The second-order valence-corrected chi connectivity index (χ2v) is 9.27. The first kappa shape index (κ1) is 28.9. The van der Waals surface area contributed by atoms with Crippen molar-refractivity contribution in [1.29, 1.82) is 0 Å². The second-order valence-electron chi connectivity index (χ2n) is 9.27. The third-order valence-corrected chi connectivity index (χ3v) is 5.21. The van der Waals surface area contributed by atoms with Crippen LogP contribution in [0, 0.1) is 10.1 Å². The number of amides is 1. The van der Waals surface area contributed by atoms with Gasteiger partial charge in [0.05, 0.1) is 57.8 Å². The molecule has 0 spiro atoms. The average Bonchev–Trinajstić information content (AvgIpc) is 2.79. The lowest BCUT2D eigenvalue weighted by Crippen LogP contribution is -3.11. The van der Waals surface area contributed by atoms with Gasteiger partial charge in [-0.2, -0.15) is 0 Å². The Morgan fingerprint density at radius 2 is 1.40 bits per heavy atom. The minimum absolute atomic E-state index is 0.0874. The fourth-order valence-corrected chi connectivity index (χ4v) is 3.37. The molecule has 2 rings (SSSR count). The molecule has 198 valence electrons. The molecular weight excluding hydrogens is 458 g/mol. The van der Waals surface area contributed by atoms with E-state index in [2.05, 4.69) is 0 Å². The molecule has 1 amide bonds. The van der Waals surface area contributed by atoms with E-state index in [1.807, 2.05) is 20.8 Å². The summed E-state index contributed by atoms with van der Waals surface area (Å²) in [6.45, 7) is 12.2. The van der Waals surface area contributed by atoms with Gasteiger partial charge >= 0.3 is 6.09 Å². The topological polar surface area (TPSA) is 114 Å². The Morgan fingerprint density at radius 1 is 0.914 bits per heavy atom. The molecule has 11 heteroatoms. The Kier molecular flexibility index (Phi) is 12.9. The number of ether oxygens (including phenoxy) is 5. The van der Waals surface area contributed by atoms with Crippen molar-refractivity contribution in [3.05, 3.63) is 39.9 Å². The van der Waals surface area contributed by atoms with Crippen molar-refractivity contribution in [3.8, 4) is 0 Å². The number of carbonyl (C=O) groups excluding carboxylic acids is 1. The molecule has 0 saturated carbocycles. The molecule has 1 fully saturated rings. The first-order chi connectivity index (χ1) is 16.7. The van der Waals surface area contributed by atoms with Gasteiger partial charge in [-0.25, -0.2) is 4.79 Å². The number of nitrogens with zero attached hydrogens (tertiary/aromatic N) is 2. The van der Waals surface area contributed by atoms with Crippen molar-refractivity contribution in [2.75, 3.05) is 79.0 Å². The fraction of sp³-hybridized carbons (Fsp3) is 0.708. The highest BCUT2D eigenvalue weighted by Gasteiger charge is 2.22. The Balaban J connectivity index is 1.83. The molecule has 0 bridgehead atoms. The number of hydrogen-bond acceptors (Lipinski definition) is 8. The lowest BCUT2D eigenvalue weighted by atomic mass is 10.2. The summed E-state index contributed by atoms with van der Waals surface area (Å²) < 4.78 is 28.2. The molecule has 1 aliphatic heterocycles. The van der Waals surface area contributed by atoms with Crippen molar-refractivity contribution in [2.24, 2.45) is 0 Å². The van der Waals surface area contributed by atoms with Crippen molar-refractivity contribution in [1.82, 2.24) is 4.90 Å². The minimum atomic E-state index is -0.569. The Bertz CT molecular complexity index is 734. The molecule has 35 heavy (non-hydrogen) atoms. The lowest BCUT2D eigenvalue weighted by Gasteiger charge is -2.27. The third-order valence-electron chi connectivity index (χ3n) is 5.21. The van der Waals surface area contributed by atoms with Gasteiger partial charge in [-0.05, 0) is 32.9 Å². The van der Waals surface area contributed by atoms with Crippen LogP contribution in [0.3, 0.4) is 0 Å². The maximum atomic E-state index is 12.5. The highest BCUT2D eigenvalue weighted by molar-refractivity contribution is 5.68. The van der Waals surface area contributed by atoms with Crippen molar-refractivity contribution >= 4 is 11.8 Å². The highest BCUT2D eigenvalue weighted by Crippen LogP contribution is 2.11. The van der Waals surface area contributed by atoms with E-state index in [-0.39, 0.29) is 11.8 Å². The zero-order valence-electron chi connectivity index (χ0n) is 21.2. The molecule has 1 heterocycles. The number of non-ortho nitro benzene ring substituents is 1. The van der Waals surface area contributed by atoms with Crippen LogP contribution in [0.5, 0.6) is 0 Å². The van der Waals surface area contributed by atoms with Crippen LogP contribution in [0.4, 0.5) is 10.5 Å². The molecule has 1 aromatic carbocycles. The van der Waals surface area contributed by atoms with Crippen LogP contribution in [0.25, 0.3) is 0 Å². The van der Waals surface area contributed by atoms with E-state index >= 15 is 0 Å². The number of hydrogen-bond donors (Lipinski definition) is 1. The van der Waals surface area contributed by atoms with Crippen molar-refractivity contribution in [2.45, 2.75) is 32.9 Å². The number of quaternary nitrogens is 1. The van der Waals surface area contributed by atoms with Gasteiger partial charge < -0.3 is 33.5 Å². The van der Waals surface area contributed by atoms with Crippen LogP contribution in [0.2, 0.25) is 0 Å². The van der Waals surface area contributed by atoms with E-state index in [4.69, 9.17) is 23.7 Å². The number of benzene rings is 1. The van der Waals surface area contributed by atoms with Gasteiger partial charge in [-0.15, -0.1) is 0 Å². The summed E-state index contributed by atoms with van der Waals surface area (Å²) >= 11 is 0. The van der Waals surface area contributed by atoms with E-state index in [1.54, 1.807) is 17.0 Å². The van der Waals surface area contributed by atoms with Crippen LogP contribution in [-0.2, 0) is 30.2 Å². The van der Waals surface area contributed by atoms with Gasteiger partial charge in [0, 0.05) is 30.8 Å². The summed E-state index contributed by atoms with van der Waals surface area (Å²) in [6, 6.07) is 6.65.